The summed E-state index contributed by atoms with van der Waals surface area (Å²) in [6.45, 7) is 3.86. The van der Waals surface area contributed by atoms with E-state index in [1.54, 1.807) is 0 Å². The van der Waals surface area contributed by atoms with Gasteiger partial charge in [0, 0.05) is 18.8 Å². The molecule has 86 valence electrons. The van der Waals surface area contributed by atoms with Gasteiger partial charge in [0.1, 0.15) is 0 Å². The molecule has 1 atom stereocenters. The molecule has 2 rings (SSSR count). The van der Waals surface area contributed by atoms with Crippen molar-refractivity contribution in [1.29, 1.82) is 0 Å². The highest BCUT2D eigenvalue weighted by molar-refractivity contribution is 5.77. The summed E-state index contributed by atoms with van der Waals surface area (Å²) in [5.41, 5.74) is 7.81. The van der Waals surface area contributed by atoms with Crippen LogP contribution in [0, 0.1) is 12.8 Å². The quantitative estimate of drug-likeness (QED) is 0.821. The van der Waals surface area contributed by atoms with Gasteiger partial charge < -0.3 is 10.6 Å². The van der Waals surface area contributed by atoms with E-state index in [1.807, 2.05) is 0 Å². The molecule has 1 aromatic carbocycles. The van der Waals surface area contributed by atoms with Gasteiger partial charge in [-0.05, 0) is 31.9 Å². The van der Waals surface area contributed by atoms with Crippen LogP contribution >= 0.6 is 0 Å². The topological polar surface area (TPSA) is 46.3 Å². The van der Waals surface area contributed by atoms with Crippen LogP contribution in [-0.4, -0.2) is 19.0 Å². The lowest BCUT2D eigenvalue weighted by molar-refractivity contribution is -0.122. The first-order valence-corrected chi connectivity index (χ1v) is 5.78. The SMILES string of the molecule is Cc1ccc(N2CCCC(C(N)=O)C2)cc1. The Morgan fingerprint density at radius 2 is 2.06 bits per heavy atom. The zero-order valence-corrected chi connectivity index (χ0v) is 9.65. The van der Waals surface area contributed by atoms with Crippen molar-refractivity contribution in [3.8, 4) is 0 Å². The zero-order chi connectivity index (χ0) is 11.5. The van der Waals surface area contributed by atoms with Crippen LogP contribution in [0.5, 0.6) is 0 Å². The molecule has 0 aliphatic carbocycles. The van der Waals surface area contributed by atoms with Crippen molar-refractivity contribution in [2.75, 3.05) is 18.0 Å². The van der Waals surface area contributed by atoms with Gasteiger partial charge in [-0.15, -0.1) is 0 Å². The highest BCUT2D eigenvalue weighted by Crippen LogP contribution is 2.23. The van der Waals surface area contributed by atoms with Crippen molar-refractivity contribution in [3.05, 3.63) is 29.8 Å². The predicted molar refractivity (Wildman–Crippen MR) is 65.3 cm³/mol. The standard InChI is InChI=1S/C13H18N2O/c1-10-4-6-12(7-5-10)15-8-2-3-11(9-15)13(14)16/h4-7,11H,2-3,8-9H2,1H3,(H2,14,16). The lowest BCUT2D eigenvalue weighted by Crippen LogP contribution is -2.41. The summed E-state index contributed by atoms with van der Waals surface area (Å²) in [7, 11) is 0. The first-order chi connectivity index (χ1) is 7.66. The van der Waals surface area contributed by atoms with E-state index in [-0.39, 0.29) is 11.8 Å². The number of carbonyl (C=O) groups is 1. The molecule has 1 aliphatic rings. The van der Waals surface area contributed by atoms with Crippen LogP contribution in [-0.2, 0) is 4.79 Å². The average Bonchev–Trinajstić information content (AvgIpc) is 2.30. The van der Waals surface area contributed by atoms with E-state index in [9.17, 15) is 4.79 Å². The largest absolute Gasteiger partial charge is 0.371 e. The number of piperidine rings is 1. The maximum absolute atomic E-state index is 11.2. The predicted octanol–water partition coefficient (Wildman–Crippen LogP) is 1.70. The maximum atomic E-state index is 11.2. The molecule has 0 saturated carbocycles. The third kappa shape index (κ3) is 2.35. The minimum absolute atomic E-state index is 0.00931. The second-order valence-corrected chi connectivity index (χ2v) is 4.52. The van der Waals surface area contributed by atoms with Gasteiger partial charge in [0.05, 0.1) is 5.92 Å². The third-order valence-corrected chi connectivity index (χ3v) is 3.22. The van der Waals surface area contributed by atoms with Gasteiger partial charge in [-0.2, -0.15) is 0 Å². The smallest absolute Gasteiger partial charge is 0.222 e. The zero-order valence-electron chi connectivity index (χ0n) is 9.65. The van der Waals surface area contributed by atoms with Crippen molar-refractivity contribution in [2.24, 2.45) is 11.7 Å². The van der Waals surface area contributed by atoms with E-state index in [0.717, 1.165) is 25.9 Å². The van der Waals surface area contributed by atoms with Gasteiger partial charge >= 0.3 is 0 Å². The van der Waals surface area contributed by atoms with E-state index in [0.29, 0.717) is 0 Å². The highest BCUT2D eigenvalue weighted by atomic mass is 16.1. The normalized spacial score (nSPS) is 20.8. The number of hydrogen-bond acceptors (Lipinski definition) is 2. The van der Waals surface area contributed by atoms with Gasteiger partial charge in [0.2, 0.25) is 5.91 Å². The molecular formula is C13H18N2O. The van der Waals surface area contributed by atoms with E-state index < -0.39 is 0 Å². The fourth-order valence-electron chi connectivity index (χ4n) is 2.20. The van der Waals surface area contributed by atoms with Crippen molar-refractivity contribution in [2.45, 2.75) is 19.8 Å². The summed E-state index contributed by atoms with van der Waals surface area (Å²) in [5.74, 6) is -0.160. The van der Waals surface area contributed by atoms with Crippen molar-refractivity contribution in [1.82, 2.24) is 0 Å². The van der Waals surface area contributed by atoms with E-state index in [4.69, 9.17) is 5.73 Å². The van der Waals surface area contributed by atoms with E-state index in [2.05, 4.69) is 36.1 Å². The molecule has 0 spiro atoms. The monoisotopic (exact) mass is 218 g/mol. The molecule has 16 heavy (non-hydrogen) atoms. The minimum Gasteiger partial charge on any atom is -0.371 e. The van der Waals surface area contributed by atoms with E-state index >= 15 is 0 Å². The summed E-state index contributed by atoms with van der Waals surface area (Å²) in [6.07, 6.45) is 1.97. The van der Waals surface area contributed by atoms with Crippen molar-refractivity contribution >= 4 is 11.6 Å². The number of aryl methyl sites for hydroxylation is 1. The first-order valence-electron chi connectivity index (χ1n) is 5.78. The van der Waals surface area contributed by atoms with Gasteiger partial charge in [0.15, 0.2) is 0 Å². The Hall–Kier alpha value is -1.51. The number of anilines is 1. The van der Waals surface area contributed by atoms with Crippen LogP contribution in [0.4, 0.5) is 5.69 Å². The lowest BCUT2D eigenvalue weighted by atomic mass is 9.97. The van der Waals surface area contributed by atoms with Gasteiger partial charge in [-0.3, -0.25) is 4.79 Å². The summed E-state index contributed by atoms with van der Waals surface area (Å²) >= 11 is 0. The molecule has 2 N–H and O–H groups in total. The molecule has 1 fully saturated rings. The number of carbonyl (C=O) groups excluding carboxylic acids is 1. The summed E-state index contributed by atoms with van der Waals surface area (Å²) in [6, 6.07) is 8.42. The number of amides is 1. The minimum atomic E-state index is -0.170. The Bertz CT molecular complexity index is 372. The Labute approximate surface area is 96.2 Å². The molecule has 0 aromatic heterocycles. The van der Waals surface area contributed by atoms with Crippen LogP contribution in [0.2, 0.25) is 0 Å². The molecular weight excluding hydrogens is 200 g/mol. The first kappa shape index (κ1) is 11.0. The van der Waals surface area contributed by atoms with Crippen LogP contribution in [0.1, 0.15) is 18.4 Å². The highest BCUT2D eigenvalue weighted by Gasteiger charge is 2.23. The van der Waals surface area contributed by atoms with Crippen LogP contribution < -0.4 is 10.6 Å². The van der Waals surface area contributed by atoms with Crippen LogP contribution in [0.3, 0.4) is 0 Å². The molecule has 1 unspecified atom stereocenters. The number of nitrogens with zero attached hydrogens (tertiary/aromatic N) is 1. The Kier molecular flexibility index (Phi) is 3.13. The Morgan fingerprint density at radius 3 is 2.69 bits per heavy atom. The fraction of sp³-hybridized carbons (Fsp3) is 0.462. The number of hydrogen-bond donors (Lipinski definition) is 1. The summed E-state index contributed by atoms with van der Waals surface area (Å²) < 4.78 is 0. The second-order valence-electron chi connectivity index (χ2n) is 4.52. The summed E-state index contributed by atoms with van der Waals surface area (Å²) in [5, 5.41) is 0. The van der Waals surface area contributed by atoms with Gasteiger partial charge in [0.25, 0.3) is 0 Å². The summed E-state index contributed by atoms with van der Waals surface area (Å²) in [4.78, 5) is 13.4. The maximum Gasteiger partial charge on any atom is 0.222 e. The number of benzene rings is 1. The molecule has 3 heteroatoms. The van der Waals surface area contributed by atoms with Gasteiger partial charge in [-0.25, -0.2) is 0 Å². The third-order valence-electron chi connectivity index (χ3n) is 3.22. The second kappa shape index (κ2) is 4.56. The Balaban J connectivity index is 2.09. The molecule has 0 bridgehead atoms. The molecule has 1 aromatic rings. The lowest BCUT2D eigenvalue weighted by Gasteiger charge is -2.33. The number of nitrogens with two attached hydrogens (primary N) is 1. The van der Waals surface area contributed by atoms with Crippen LogP contribution in [0.25, 0.3) is 0 Å². The molecule has 1 amide bonds. The van der Waals surface area contributed by atoms with Crippen molar-refractivity contribution in [3.63, 3.8) is 0 Å². The average molecular weight is 218 g/mol. The molecule has 1 saturated heterocycles. The molecule has 3 nitrogen and oxygen atoms in total. The Morgan fingerprint density at radius 1 is 1.38 bits per heavy atom. The fourth-order valence-corrected chi connectivity index (χ4v) is 2.20. The number of rotatable bonds is 2. The molecule has 1 heterocycles. The number of primary amides is 1. The van der Waals surface area contributed by atoms with Crippen molar-refractivity contribution < 1.29 is 4.79 Å². The van der Waals surface area contributed by atoms with Crippen LogP contribution in [0.15, 0.2) is 24.3 Å². The molecule has 0 radical (unpaired) electrons. The van der Waals surface area contributed by atoms with E-state index in [1.165, 1.54) is 11.3 Å². The molecule has 1 aliphatic heterocycles. The van der Waals surface area contributed by atoms with Gasteiger partial charge in [-0.1, -0.05) is 17.7 Å².